The van der Waals surface area contributed by atoms with Crippen LogP contribution >= 0.6 is 0 Å². The van der Waals surface area contributed by atoms with Crippen molar-refractivity contribution in [1.82, 2.24) is 0 Å². The fourth-order valence-electron chi connectivity index (χ4n) is 2.69. The van der Waals surface area contributed by atoms with Crippen molar-refractivity contribution in [3.63, 3.8) is 0 Å². The summed E-state index contributed by atoms with van der Waals surface area (Å²) in [6, 6.07) is 8.05. The quantitative estimate of drug-likeness (QED) is 0.564. The fraction of sp³-hybridized carbons (Fsp3) is 0.381. The Kier molecular flexibility index (Phi) is 6.98. The predicted octanol–water partition coefficient (Wildman–Crippen LogP) is 3.30. The normalized spacial score (nSPS) is 12.3. The summed E-state index contributed by atoms with van der Waals surface area (Å²) in [6.45, 7) is 7.10. The zero-order valence-corrected chi connectivity index (χ0v) is 19.4. The fourth-order valence-corrected chi connectivity index (χ4v) is 3.99. The van der Waals surface area contributed by atoms with Gasteiger partial charge in [0.05, 0.1) is 33.1 Å². The second-order valence-corrected chi connectivity index (χ2v) is 11.6. The Labute approximate surface area is 177 Å². The number of hydrogen-bond acceptors (Lipinski definition) is 7. The molecule has 9 heteroatoms. The third-order valence-corrected chi connectivity index (χ3v) is 6.19. The number of rotatable bonds is 8. The van der Waals surface area contributed by atoms with Gasteiger partial charge in [-0.05, 0) is 64.1 Å². The lowest BCUT2D eigenvalue weighted by Crippen LogP contribution is -2.15. The van der Waals surface area contributed by atoms with Gasteiger partial charge in [-0.2, -0.15) is 0 Å². The van der Waals surface area contributed by atoms with Crippen molar-refractivity contribution in [3.05, 3.63) is 47.5 Å². The number of benzene rings is 2. The standard InChI is InChI=1S/C21H26O7S2/c1-13(2)27-19-9-7-15(29(5,23)24)11-17(19)21(22)18-12-16(30(6,25)26)8-10-20(18)28-14(3)4/h7-14H,1-6H3. The van der Waals surface area contributed by atoms with Crippen molar-refractivity contribution in [3.8, 4) is 11.5 Å². The number of ether oxygens (including phenoxy) is 2. The summed E-state index contributed by atoms with van der Waals surface area (Å²) in [5.41, 5.74) is 0.0109. The van der Waals surface area contributed by atoms with Crippen molar-refractivity contribution >= 4 is 25.5 Å². The van der Waals surface area contributed by atoms with Crippen LogP contribution in [-0.2, 0) is 19.7 Å². The van der Waals surface area contributed by atoms with E-state index in [-0.39, 0.29) is 44.6 Å². The van der Waals surface area contributed by atoms with Crippen LogP contribution < -0.4 is 9.47 Å². The molecule has 7 nitrogen and oxygen atoms in total. The summed E-state index contributed by atoms with van der Waals surface area (Å²) in [4.78, 5) is 13.4. The van der Waals surface area contributed by atoms with E-state index in [2.05, 4.69) is 0 Å². The minimum absolute atomic E-state index is 0.00545. The largest absolute Gasteiger partial charge is 0.490 e. The van der Waals surface area contributed by atoms with Gasteiger partial charge in [-0.15, -0.1) is 0 Å². The highest BCUT2D eigenvalue weighted by molar-refractivity contribution is 7.91. The van der Waals surface area contributed by atoms with Crippen LogP contribution in [0.4, 0.5) is 0 Å². The van der Waals surface area contributed by atoms with Crippen LogP contribution in [0.25, 0.3) is 0 Å². The van der Waals surface area contributed by atoms with E-state index < -0.39 is 25.5 Å². The highest BCUT2D eigenvalue weighted by atomic mass is 32.2. The zero-order valence-electron chi connectivity index (χ0n) is 17.8. The number of ketones is 1. The smallest absolute Gasteiger partial charge is 0.200 e. The average Bonchev–Trinajstić information content (AvgIpc) is 2.59. The van der Waals surface area contributed by atoms with Gasteiger partial charge in [-0.25, -0.2) is 16.8 Å². The summed E-state index contributed by atoms with van der Waals surface area (Å²) in [7, 11) is -7.16. The molecule has 0 aliphatic rings. The Morgan fingerprint density at radius 3 is 1.30 bits per heavy atom. The summed E-state index contributed by atoms with van der Waals surface area (Å²) in [5.74, 6) is -0.206. The molecular formula is C21H26O7S2. The number of carbonyl (C=O) groups is 1. The first kappa shape index (κ1) is 23.9. The molecule has 0 amide bonds. The highest BCUT2D eigenvalue weighted by Crippen LogP contribution is 2.31. The molecule has 0 fully saturated rings. The minimum atomic E-state index is -3.58. The van der Waals surface area contributed by atoms with Gasteiger partial charge in [-0.3, -0.25) is 4.79 Å². The van der Waals surface area contributed by atoms with Crippen molar-refractivity contribution in [2.75, 3.05) is 12.5 Å². The topological polar surface area (TPSA) is 104 Å². The van der Waals surface area contributed by atoms with Gasteiger partial charge in [0.25, 0.3) is 0 Å². The monoisotopic (exact) mass is 454 g/mol. The SMILES string of the molecule is CC(C)Oc1ccc(S(C)(=O)=O)cc1C(=O)c1cc(S(C)(=O)=O)ccc1OC(C)C. The van der Waals surface area contributed by atoms with Crippen molar-refractivity contribution in [2.45, 2.75) is 49.7 Å². The molecule has 0 saturated heterocycles. The van der Waals surface area contributed by atoms with Crippen LogP contribution in [-0.4, -0.2) is 47.3 Å². The molecule has 0 N–H and O–H groups in total. The Balaban J connectivity index is 2.76. The molecule has 0 saturated carbocycles. The molecule has 0 aliphatic carbocycles. The van der Waals surface area contributed by atoms with Gasteiger partial charge in [-0.1, -0.05) is 0 Å². The maximum absolute atomic E-state index is 13.5. The van der Waals surface area contributed by atoms with Gasteiger partial charge >= 0.3 is 0 Å². The summed E-state index contributed by atoms with van der Waals surface area (Å²) in [6.07, 6.45) is 1.54. The molecule has 0 bridgehead atoms. The third kappa shape index (κ3) is 5.82. The molecule has 164 valence electrons. The van der Waals surface area contributed by atoms with Gasteiger partial charge < -0.3 is 9.47 Å². The Bertz CT molecular complexity index is 1070. The molecule has 30 heavy (non-hydrogen) atoms. The number of hydrogen-bond donors (Lipinski definition) is 0. The minimum Gasteiger partial charge on any atom is -0.490 e. The van der Waals surface area contributed by atoms with Gasteiger partial charge in [0.2, 0.25) is 5.78 Å². The van der Waals surface area contributed by atoms with E-state index in [4.69, 9.17) is 9.47 Å². The molecule has 0 unspecified atom stereocenters. The van der Waals surface area contributed by atoms with Gasteiger partial charge in [0.1, 0.15) is 11.5 Å². The molecule has 2 aromatic carbocycles. The maximum Gasteiger partial charge on any atom is 0.200 e. The van der Waals surface area contributed by atoms with E-state index in [1.807, 2.05) is 0 Å². The van der Waals surface area contributed by atoms with Crippen LogP contribution in [0.5, 0.6) is 11.5 Å². The molecule has 0 aliphatic heterocycles. The molecule has 0 heterocycles. The predicted molar refractivity (Wildman–Crippen MR) is 114 cm³/mol. The summed E-state index contributed by atoms with van der Waals surface area (Å²) < 4.78 is 59.5. The molecule has 2 rings (SSSR count). The Morgan fingerprint density at radius 2 is 1.03 bits per heavy atom. The van der Waals surface area contributed by atoms with E-state index in [0.29, 0.717) is 0 Å². The van der Waals surface area contributed by atoms with E-state index in [0.717, 1.165) is 12.5 Å². The van der Waals surface area contributed by atoms with Crippen LogP contribution in [0.3, 0.4) is 0 Å². The van der Waals surface area contributed by atoms with Crippen LogP contribution in [0.15, 0.2) is 46.2 Å². The average molecular weight is 455 g/mol. The molecular weight excluding hydrogens is 428 g/mol. The second kappa shape index (κ2) is 8.77. The van der Waals surface area contributed by atoms with Crippen LogP contribution in [0.2, 0.25) is 0 Å². The number of carbonyl (C=O) groups excluding carboxylic acids is 1. The van der Waals surface area contributed by atoms with E-state index in [1.165, 1.54) is 36.4 Å². The first-order chi connectivity index (χ1) is 13.7. The third-order valence-electron chi connectivity index (χ3n) is 3.97. The summed E-state index contributed by atoms with van der Waals surface area (Å²) >= 11 is 0. The van der Waals surface area contributed by atoms with Crippen molar-refractivity contribution in [1.29, 1.82) is 0 Å². The highest BCUT2D eigenvalue weighted by Gasteiger charge is 2.24. The van der Waals surface area contributed by atoms with Crippen molar-refractivity contribution < 1.29 is 31.1 Å². The van der Waals surface area contributed by atoms with E-state index >= 15 is 0 Å². The molecule has 0 radical (unpaired) electrons. The molecule has 0 atom stereocenters. The maximum atomic E-state index is 13.5. The van der Waals surface area contributed by atoms with Gasteiger partial charge in [0, 0.05) is 12.5 Å². The van der Waals surface area contributed by atoms with E-state index in [1.54, 1.807) is 27.7 Å². The van der Waals surface area contributed by atoms with Crippen LogP contribution in [0, 0.1) is 0 Å². The number of sulfone groups is 2. The first-order valence-electron chi connectivity index (χ1n) is 9.26. The lowest BCUT2D eigenvalue weighted by molar-refractivity contribution is 0.102. The zero-order chi connectivity index (χ0) is 22.9. The second-order valence-electron chi connectivity index (χ2n) is 7.52. The summed E-state index contributed by atoms with van der Waals surface area (Å²) in [5, 5.41) is 0. The molecule has 2 aromatic rings. The molecule has 0 aromatic heterocycles. The van der Waals surface area contributed by atoms with Crippen molar-refractivity contribution in [2.24, 2.45) is 0 Å². The lowest BCUT2D eigenvalue weighted by Gasteiger charge is -2.18. The molecule has 0 spiro atoms. The first-order valence-corrected chi connectivity index (χ1v) is 13.0. The Hall–Kier alpha value is -2.39. The van der Waals surface area contributed by atoms with E-state index in [9.17, 15) is 21.6 Å². The van der Waals surface area contributed by atoms with Gasteiger partial charge in [0.15, 0.2) is 19.7 Å². The van der Waals surface area contributed by atoms with Crippen LogP contribution in [0.1, 0.15) is 43.6 Å². The Morgan fingerprint density at radius 1 is 0.700 bits per heavy atom. The lowest BCUT2D eigenvalue weighted by atomic mass is 10.0.